The zero-order valence-corrected chi connectivity index (χ0v) is 19.4. The predicted molar refractivity (Wildman–Crippen MR) is 129 cm³/mol. The second kappa shape index (κ2) is 8.29. The number of fused-ring (bicyclic) bond motifs is 2. The van der Waals surface area contributed by atoms with Crippen LogP contribution in [0.2, 0.25) is 0 Å². The Hall–Kier alpha value is -3.65. The van der Waals surface area contributed by atoms with Crippen LogP contribution in [-0.4, -0.2) is 50.2 Å². The van der Waals surface area contributed by atoms with Crippen molar-refractivity contribution in [2.24, 2.45) is 16.6 Å². The first-order valence-electron chi connectivity index (χ1n) is 10.5. The van der Waals surface area contributed by atoms with Crippen molar-refractivity contribution in [2.45, 2.75) is 23.6 Å². The summed E-state index contributed by atoms with van der Waals surface area (Å²) in [6, 6.07) is 3.62. The minimum atomic E-state index is -0.771. The number of anilines is 2. The van der Waals surface area contributed by atoms with E-state index in [1.807, 2.05) is 13.0 Å². The number of nitrogens with zero attached hydrogens (tertiary/aromatic N) is 5. The maximum absolute atomic E-state index is 13.9. The number of methoxy groups -OCH3 is 1. The molecule has 0 unspecified atom stereocenters. The normalized spacial score (nSPS) is 25.1. The fourth-order valence-electron chi connectivity index (χ4n) is 4.46. The molecule has 1 saturated carbocycles. The number of halogens is 1. The summed E-state index contributed by atoms with van der Waals surface area (Å²) >= 11 is 1.32. The van der Waals surface area contributed by atoms with Gasteiger partial charge in [-0.05, 0) is 25.5 Å². The summed E-state index contributed by atoms with van der Waals surface area (Å²) in [7, 11) is 1.55. The van der Waals surface area contributed by atoms with Crippen molar-refractivity contribution in [1.29, 1.82) is 0 Å². The zero-order valence-electron chi connectivity index (χ0n) is 18.6. The Balaban J connectivity index is 1.51. The molecule has 11 heteroatoms. The lowest BCUT2D eigenvalue weighted by Crippen LogP contribution is -2.36. The van der Waals surface area contributed by atoms with Crippen molar-refractivity contribution in [3.8, 4) is 24.1 Å². The Morgan fingerprint density at radius 3 is 2.97 bits per heavy atom. The fraction of sp³-hybridized carbons (Fsp3) is 0.348. The van der Waals surface area contributed by atoms with Gasteiger partial charge in [-0.25, -0.2) is 24.3 Å². The second-order valence-electron chi connectivity index (χ2n) is 8.29. The summed E-state index contributed by atoms with van der Waals surface area (Å²) in [6.07, 6.45) is 10.7. The van der Waals surface area contributed by atoms with Crippen LogP contribution in [0.1, 0.15) is 18.9 Å². The molecule has 3 atom stereocenters. The second-order valence-corrected chi connectivity index (χ2v) is 9.72. The molecule has 1 aliphatic carbocycles. The van der Waals surface area contributed by atoms with Gasteiger partial charge in [-0.1, -0.05) is 17.7 Å². The first kappa shape index (κ1) is 22.2. The van der Waals surface area contributed by atoms with Crippen LogP contribution in [0, 0.1) is 18.3 Å². The molecule has 0 aromatic carbocycles. The number of ether oxygens (including phenoxy) is 2. The molecule has 4 heterocycles. The maximum atomic E-state index is 13.9. The fourth-order valence-corrected chi connectivity index (χ4v) is 5.79. The van der Waals surface area contributed by atoms with Gasteiger partial charge in [0, 0.05) is 17.7 Å². The number of nitrogens with one attached hydrogen (secondary N) is 1. The smallest absolute Gasteiger partial charge is 0.233 e. The Kier molecular flexibility index (Phi) is 5.40. The number of alkyl halides is 1. The van der Waals surface area contributed by atoms with E-state index >= 15 is 0 Å². The highest BCUT2D eigenvalue weighted by Gasteiger charge is 2.67. The average Bonchev–Trinajstić information content (AvgIpc) is 3.58. The summed E-state index contributed by atoms with van der Waals surface area (Å²) in [5, 5.41) is 3.62. The van der Waals surface area contributed by atoms with Gasteiger partial charge in [-0.2, -0.15) is 0 Å². The van der Waals surface area contributed by atoms with Crippen LogP contribution >= 0.6 is 11.8 Å². The lowest BCUT2D eigenvalue weighted by Gasteiger charge is -2.33. The van der Waals surface area contributed by atoms with Crippen molar-refractivity contribution < 1.29 is 13.9 Å². The van der Waals surface area contributed by atoms with E-state index in [9.17, 15) is 4.39 Å². The molecule has 3 N–H and O–H groups in total. The number of hydrogen-bond acceptors (Lipinski definition) is 10. The van der Waals surface area contributed by atoms with E-state index in [0.29, 0.717) is 45.9 Å². The standard InChI is InChI=1S/C23H22FN7O2S/c1-4-7-33-17-11-27-18-15(30-17)5-6-26-19(18)29-13-8-14(20(32-3)28-10-13)22(2)16-9-23(16,12-24)34-21(25)31-22/h1,5-6,8,10-11,16H,7,9,12H2,2-3H3,(H2,25,31)(H,26,29)/t16-,22+,23+/m0/s1. The van der Waals surface area contributed by atoms with Gasteiger partial charge in [0.2, 0.25) is 11.8 Å². The number of nitrogens with two attached hydrogens (primary N) is 1. The molecule has 174 valence electrons. The van der Waals surface area contributed by atoms with Crippen molar-refractivity contribution in [1.82, 2.24) is 19.9 Å². The summed E-state index contributed by atoms with van der Waals surface area (Å²) in [6.45, 7) is 1.59. The molecule has 0 radical (unpaired) electrons. The number of aromatic nitrogens is 4. The number of thioether (sulfide) groups is 1. The van der Waals surface area contributed by atoms with Crippen molar-refractivity contribution in [3.05, 3.63) is 36.3 Å². The van der Waals surface area contributed by atoms with Crippen LogP contribution in [0.25, 0.3) is 11.0 Å². The number of amidine groups is 1. The lowest BCUT2D eigenvalue weighted by atomic mass is 9.86. The number of aliphatic imine (C=N–C) groups is 1. The molecule has 1 fully saturated rings. The van der Waals surface area contributed by atoms with Crippen LogP contribution in [0.5, 0.6) is 11.8 Å². The van der Waals surface area contributed by atoms with Gasteiger partial charge in [0.25, 0.3) is 0 Å². The van der Waals surface area contributed by atoms with Crippen molar-refractivity contribution in [2.75, 3.05) is 25.7 Å². The average molecular weight is 480 g/mol. The van der Waals surface area contributed by atoms with E-state index in [1.165, 1.54) is 18.0 Å². The van der Waals surface area contributed by atoms with Gasteiger partial charge < -0.3 is 20.5 Å². The molecule has 0 bridgehead atoms. The molecule has 3 aromatic heterocycles. The molecule has 3 aromatic rings. The SMILES string of the molecule is C#CCOc1cnc2c(Nc3cnc(OC)c([C@@]4(C)N=C(N)S[C@@]5(CF)C[C@H]54)c3)nccc2n1. The van der Waals surface area contributed by atoms with Crippen LogP contribution in [0.15, 0.2) is 35.7 Å². The Morgan fingerprint density at radius 2 is 2.21 bits per heavy atom. The molecule has 1 aliphatic heterocycles. The van der Waals surface area contributed by atoms with E-state index in [1.54, 1.807) is 25.6 Å². The van der Waals surface area contributed by atoms with Gasteiger partial charge in [0.1, 0.15) is 12.2 Å². The highest BCUT2D eigenvalue weighted by molar-refractivity contribution is 8.15. The van der Waals surface area contributed by atoms with Gasteiger partial charge >= 0.3 is 0 Å². The maximum Gasteiger partial charge on any atom is 0.233 e. The minimum Gasteiger partial charge on any atom is -0.481 e. The van der Waals surface area contributed by atoms with Gasteiger partial charge in [0.05, 0.1) is 41.0 Å². The third kappa shape index (κ3) is 3.64. The molecule has 34 heavy (non-hydrogen) atoms. The summed E-state index contributed by atoms with van der Waals surface area (Å²) in [5.74, 6) is 3.61. The first-order valence-corrected chi connectivity index (χ1v) is 11.3. The molecule has 0 spiro atoms. The van der Waals surface area contributed by atoms with Crippen LogP contribution < -0.4 is 20.5 Å². The topological polar surface area (TPSA) is 120 Å². The molecule has 2 aliphatic rings. The minimum absolute atomic E-state index is 0.0174. The van der Waals surface area contributed by atoms with Crippen LogP contribution in [-0.2, 0) is 5.54 Å². The summed E-state index contributed by atoms with van der Waals surface area (Å²) in [4.78, 5) is 22.4. The van der Waals surface area contributed by atoms with E-state index in [-0.39, 0.29) is 12.5 Å². The Bertz CT molecular complexity index is 1350. The van der Waals surface area contributed by atoms with Crippen LogP contribution in [0.4, 0.5) is 15.9 Å². The monoisotopic (exact) mass is 479 g/mol. The zero-order chi connectivity index (χ0) is 23.9. The molecule has 5 rings (SSSR count). The lowest BCUT2D eigenvalue weighted by molar-refractivity contribution is 0.340. The Morgan fingerprint density at radius 1 is 1.35 bits per heavy atom. The van der Waals surface area contributed by atoms with E-state index in [4.69, 9.17) is 26.6 Å². The highest BCUT2D eigenvalue weighted by Crippen LogP contribution is 2.66. The third-order valence-corrected chi connectivity index (χ3v) is 7.44. The number of pyridine rings is 2. The summed E-state index contributed by atoms with van der Waals surface area (Å²) in [5.41, 5.74) is 7.84. The quantitative estimate of drug-likeness (QED) is 0.492. The van der Waals surface area contributed by atoms with Crippen molar-refractivity contribution >= 4 is 39.5 Å². The van der Waals surface area contributed by atoms with Crippen LogP contribution in [0.3, 0.4) is 0 Å². The van der Waals surface area contributed by atoms with E-state index in [0.717, 1.165) is 5.56 Å². The molecular weight excluding hydrogens is 457 g/mol. The number of hydrogen-bond donors (Lipinski definition) is 2. The van der Waals surface area contributed by atoms with Crippen molar-refractivity contribution in [3.63, 3.8) is 0 Å². The third-order valence-electron chi connectivity index (χ3n) is 6.17. The predicted octanol–water partition coefficient (Wildman–Crippen LogP) is 3.19. The van der Waals surface area contributed by atoms with E-state index in [2.05, 4.69) is 31.2 Å². The molecule has 9 nitrogen and oxygen atoms in total. The van der Waals surface area contributed by atoms with Gasteiger partial charge in [-0.3, -0.25) is 4.99 Å². The molecular formula is C23H22FN7O2S. The number of rotatable bonds is 7. The Labute approximate surface area is 199 Å². The van der Waals surface area contributed by atoms with Gasteiger partial charge in [0.15, 0.2) is 17.6 Å². The molecule has 0 saturated heterocycles. The van der Waals surface area contributed by atoms with Gasteiger partial charge in [-0.15, -0.1) is 6.42 Å². The van der Waals surface area contributed by atoms with E-state index < -0.39 is 17.0 Å². The summed E-state index contributed by atoms with van der Waals surface area (Å²) < 4.78 is 24.3. The first-order chi connectivity index (χ1) is 16.4. The highest BCUT2D eigenvalue weighted by atomic mass is 32.2. The molecule has 0 amide bonds. The number of terminal acetylenes is 1. The largest absolute Gasteiger partial charge is 0.481 e.